The van der Waals surface area contributed by atoms with E-state index >= 15 is 0 Å². The molecule has 1 aromatic rings. The Bertz CT molecular complexity index is 523. The molecule has 3 nitrogen and oxygen atoms in total. The van der Waals surface area contributed by atoms with Crippen LogP contribution in [0.1, 0.15) is 43.2 Å². The first-order valence-corrected chi connectivity index (χ1v) is 7.43. The van der Waals surface area contributed by atoms with E-state index in [0.29, 0.717) is 0 Å². The van der Waals surface area contributed by atoms with E-state index in [1.807, 2.05) is 0 Å². The van der Waals surface area contributed by atoms with E-state index in [0.717, 1.165) is 38.2 Å². The van der Waals surface area contributed by atoms with Gasteiger partial charge in [0.25, 0.3) is 0 Å². The SMILES string of the molecule is COc1ccc(CNC(=O)C2CCCCC2)c(C(F)(F)F)c1. The Hall–Kier alpha value is -1.72. The first-order valence-electron chi connectivity index (χ1n) is 7.43. The highest BCUT2D eigenvalue weighted by atomic mass is 19.4. The molecular weight excluding hydrogens is 295 g/mol. The van der Waals surface area contributed by atoms with E-state index in [1.165, 1.54) is 19.2 Å². The van der Waals surface area contributed by atoms with E-state index in [2.05, 4.69) is 5.32 Å². The van der Waals surface area contributed by atoms with E-state index in [4.69, 9.17) is 4.74 Å². The second-order valence-electron chi connectivity index (χ2n) is 5.57. The summed E-state index contributed by atoms with van der Waals surface area (Å²) in [4.78, 5) is 12.0. The number of carbonyl (C=O) groups is 1. The molecule has 122 valence electrons. The third-order valence-corrected chi connectivity index (χ3v) is 4.05. The summed E-state index contributed by atoms with van der Waals surface area (Å²) in [7, 11) is 1.32. The minimum atomic E-state index is -4.47. The molecule has 0 atom stereocenters. The molecule has 0 radical (unpaired) electrons. The van der Waals surface area contributed by atoms with Crippen molar-refractivity contribution in [2.24, 2.45) is 5.92 Å². The van der Waals surface area contributed by atoms with Crippen LogP contribution in [0.15, 0.2) is 18.2 Å². The molecule has 6 heteroatoms. The fourth-order valence-corrected chi connectivity index (χ4v) is 2.79. The Labute approximate surface area is 127 Å². The lowest BCUT2D eigenvalue weighted by Gasteiger charge is -2.21. The lowest BCUT2D eigenvalue weighted by atomic mass is 9.88. The molecule has 0 bridgehead atoms. The lowest BCUT2D eigenvalue weighted by Crippen LogP contribution is -2.32. The van der Waals surface area contributed by atoms with Crippen molar-refractivity contribution in [2.75, 3.05) is 7.11 Å². The number of nitrogens with one attached hydrogen (secondary N) is 1. The quantitative estimate of drug-likeness (QED) is 0.915. The molecule has 1 aromatic carbocycles. The van der Waals surface area contributed by atoms with Gasteiger partial charge in [0.05, 0.1) is 12.7 Å². The van der Waals surface area contributed by atoms with Crippen molar-refractivity contribution in [3.05, 3.63) is 29.3 Å². The Morgan fingerprint density at radius 1 is 1.27 bits per heavy atom. The number of hydrogen-bond acceptors (Lipinski definition) is 2. The molecule has 1 aliphatic rings. The van der Waals surface area contributed by atoms with Gasteiger partial charge in [0.15, 0.2) is 0 Å². The van der Waals surface area contributed by atoms with E-state index in [9.17, 15) is 18.0 Å². The predicted molar refractivity (Wildman–Crippen MR) is 76.4 cm³/mol. The number of hydrogen-bond donors (Lipinski definition) is 1. The smallest absolute Gasteiger partial charge is 0.416 e. The van der Waals surface area contributed by atoms with Crippen LogP contribution in [0.3, 0.4) is 0 Å². The van der Waals surface area contributed by atoms with Crippen molar-refractivity contribution < 1.29 is 22.7 Å². The number of amides is 1. The maximum absolute atomic E-state index is 13.1. The molecule has 0 unspecified atom stereocenters. The molecular formula is C16H20F3NO2. The van der Waals surface area contributed by atoms with Crippen LogP contribution < -0.4 is 10.1 Å². The van der Waals surface area contributed by atoms with Gasteiger partial charge in [-0.1, -0.05) is 25.3 Å². The molecule has 1 saturated carbocycles. The molecule has 1 aliphatic carbocycles. The topological polar surface area (TPSA) is 38.3 Å². The van der Waals surface area contributed by atoms with Gasteiger partial charge in [-0.25, -0.2) is 0 Å². The van der Waals surface area contributed by atoms with Crippen LogP contribution in [0, 0.1) is 5.92 Å². The molecule has 0 aliphatic heterocycles. The van der Waals surface area contributed by atoms with Gasteiger partial charge >= 0.3 is 6.18 Å². The molecule has 22 heavy (non-hydrogen) atoms. The molecule has 0 spiro atoms. The van der Waals surface area contributed by atoms with Gasteiger partial charge in [0, 0.05) is 12.5 Å². The number of benzene rings is 1. The second-order valence-corrected chi connectivity index (χ2v) is 5.57. The van der Waals surface area contributed by atoms with Crippen molar-refractivity contribution in [3.8, 4) is 5.75 Å². The van der Waals surface area contributed by atoms with Crippen molar-refractivity contribution in [1.82, 2.24) is 5.32 Å². The largest absolute Gasteiger partial charge is 0.497 e. The monoisotopic (exact) mass is 315 g/mol. The lowest BCUT2D eigenvalue weighted by molar-refractivity contribution is -0.138. The Morgan fingerprint density at radius 2 is 1.95 bits per heavy atom. The first-order chi connectivity index (χ1) is 10.4. The fourth-order valence-electron chi connectivity index (χ4n) is 2.79. The normalized spacial score (nSPS) is 16.4. The van der Waals surface area contributed by atoms with Crippen LogP contribution >= 0.6 is 0 Å². The number of ether oxygens (including phenoxy) is 1. The zero-order valence-corrected chi connectivity index (χ0v) is 12.5. The zero-order valence-electron chi connectivity index (χ0n) is 12.5. The molecule has 1 fully saturated rings. The van der Waals surface area contributed by atoms with Gasteiger partial charge in [-0.15, -0.1) is 0 Å². The van der Waals surface area contributed by atoms with Crippen molar-refractivity contribution >= 4 is 5.91 Å². The van der Waals surface area contributed by atoms with Crippen LogP contribution in [0.2, 0.25) is 0 Å². The summed E-state index contributed by atoms with van der Waals surface area (Å²) in [5, 5.41) is 2.64. The molecule has 0 saturated heterocycles. The summed E-state index contributed by atoms with van der Waals surface area (Å²) in [5.41, 5.74) is -0.715. The zero-order chi connectivity index (χ0) is 16.2. The third-order valence-electron chi connectivity index (χ3n) is 4.05. The summed E-state index contributed by atoms with van der Waals surface area (Å²) in [6.07, 6.45) is 0.309. The summed E-state index contributed by atoms with van der Waals surface area (Å²) in [6, 6.07) is 3.78. The summed E-state index contributed by atoms with van der Waals surface area (Å²) >= 11 is 0. The minimum Gasteiger partial charge on any atom is -0.497 e. The fraction of sp³-hybridized carbons (Fsp3) is 0.562. The Kier molecular flexibility index (Phi) is 5.32. The standard InChI is InChI=1S/C16H20F3NO2/c1-22-13-8-7-12(14(9-13)16(17,18)19)10-20-15(21)11-5-3-2-4-6-11/h7-9,11H,2-6,10H2,1H3,(H,20,21). The van der Waals surface area contributed by atoms with Crippen LogP contribution in [0.5, 0.6) is 5.75 Å². The van der Waals surface area contributed by atoms with Gasteiger partial charge in [-0.3, -0.25) is 4.79 Å². The van der Waals surface area contributed by atoms with E-state index < -0.39 is 11.7 Å². The Morgan fingerprint density at radius 3 is 2.55 bits per heavy atom. The molecule has 0 aromatic heterocycles. The maximum atomic E-state index is 13.1. The molecule has 1 N–H and O–H groups in total. The Balaban J connectivity index is 2.07. The van der Waals surface area contributed by atoms with Crippen molar-refractivity contribution in [3.63, 3.8) is 0 Å². The van der Waals surface area contributed by atoms with Gasteiger partial charge < -0.3 is 10.1 Å². The number of rotatable bonds is 4. The molecule has 0 heterocycles. The summed E-state index contributed by atoms with van der Waals surface area (Å²) in [6.45, 7) is -0.117. The number of carbonyl (C=O) groups excluding carboxylic acids is 1. The highest BCUT2D eigenvalue weighted by Crippen LogP contribution is 2.34. The summed E-state index contributed by atoms with van der Waals surface area (Å²) < 4.78 is 44.1. The summed E-state index contributed by atoms with van der Waals surface area (Å²) in [5.74, 6) is -0.0698. The van der Waals surface area contributed by atoms with E-state index in [1.54, 1.807) is 0 Å². The average Bonchev–Trinajstić information content (AvgIpc) is 2.52. The first kappa shape index (κ1) is 16.6. The highest BCUT2D eigenvalue weighted by molar-refractivity contribution is 5.78. The number of halogens is 3. The van der Waals surface area contributed by atoms with Gasteiger partial charge in [0.1, 0.15) is 5.75 Å². The van der Waals surface area contributed by atoms with Gasteiger partial charge in [-0.2, -0.15) is 13.2 Å². The van der Waals surface area contributed by atoms with Crippen molar-refractivity contribution in [2.45, 2.75) is 44.8 Å². The predicted octanol–water partition coefficient (Wildman–Crippen LogP) is 3.91. The van der Waals surface area contributed by atoms with Crippen LogP contribution in [-0.2, 0) is 17.5 Å². The van der Waals surface area contributed by atoms with E-state index in [-0.39, 0.29) is 29.7 Å². The molecule has 2 rings (SSSR count). The van der Waals surface area contributed by atoms with Crippen molar-refractivity contribution in [1.29, 1.82) is 0 Å². The molecule has 1 amide bonds. The van der Waals surface area contributed by atoms with Gasteiger partial charge in [0.2, 0.25) is 5.91 Å². The second kappa shape index (κ2) is 7.03. The number of methoxy groups -OCH3 is 1. The highest BCUT2D eigenvalue weighted by Gasteiger charge is 2.34. The average molecular weight is 315 g/mol. The van der Waals surface area contributed by atoms with Crippen LogP contribution in [0.25, 0.3) is 0 Å². The van der Waals surface area contributed by atoms with Gasteiger partial charge in [-0.05, 0) is 30.5 Å². The minimum absolute atomic E-state index is 0.0532. The van der Waals surface area contributed by atoms with Crippen LogP contribution in [-0.4, -0.2) is 13.0 Å². The maximum Gasteiger partial charge on any atom is 0.416 e. The van der Waals surface area contributed by atoms with Crippen LogP contribution in [0.4, 0.5) is 13.2 Å². The third kappa shape index (κ3) is 4.15. The number of alkyl halides is 3.